The maximum absolute atomic E-state index is 12.1. The van der Waals surface area contributed by atoms with Gasteiger partial charge in [-0.2, -0.15) is 0 Å². The number of aliphatic hydroxyl groups excluding tert-OH is 1. The van der Waals surface area contributed by atoms with Gasteiger partial charge >= 0.3 is 6.03 Å². The molecular formula is C13H16IN3O3. The van der Waals surface area contributed by atoms with E-state index >= 15 is 0 Å². The summed E-state index contributed by atoms with van der Waals surface area (Å²) < 4.78 is 1.02. The molecule has 7 heteroatoms. The SMILES string of the molecule is NCCCC1(C(O)c2ccc(I)cc2)NC(=O)NC1=O. The number of aliphatic hydroxyl groups is 1. The number of imide groups is 1. The molecule has 1 aliphatic rings. The fourth-order valence-corrected chi connectivity index (χ4v) is 2.68. The second kappa shape index (κ2) is 6.06. The van der Waals surface area contributed by atoms with Crippen molar-refractivity contribution in [3.63, 3.8) is 0 Å². The summed E-state index contributed by atoms with van der Waals surface area (Å²) in [5, 5.41) is 15.3. The van der Waals surface area contributed by atoms with Gasteiger partial charge in [0.2, 0.25) is 0 Å². The number of nitrogens with two attached hydrogens (primary N) is 1. The molecule has 1 fully saturated rings. The van der Waals surface area contributed by atoms with Gasteiger partial charge in [-0.25, -0.2) is 4.79 Å². The van der Waals surface area contributed by atoms with Crippen molar-refractivity contribution in [3.05, 3.63) is 33.4 Å². The lowest BCUT2D eigenvalue weighted by molar-refractivity contribution is -0.128. The zero-order valence-electron chi connectivity index (χ0n) is 10.7. The molecule has 1 aromatic rings. The van der Waals surface area contributed by atoms with Crippen LogP contribution in [0.5, 0.6) is 0 Å². The van der Waals surface area contributed by atoms with Crippen LogP contribution in [0, 0.1) is 3.57 Å². The van der Waals surface area contributed by atoms with Gasteiger partial charge in [-0.1, -0.05) is 12.1 Å². The van der Waals surface area contributed by atoms with Gasteiger partial charge in [0.05, 0.1) is 0 Å². The number of nitrogens with one attached hydrogen (secondary N) is 2. The monoisotopic (exact) mass is 389 g/mol. The Kier molecular flexibility index (Phi) is 4.61. The minimum absolute atomic E-state index is 0.286. The molecule has 1 aliphatic heterocycles. The highest BCUT2D eigenvalue weighted by atomic mass is 127. The van der Waals surface area contributed by atoms with Gasteiger partial charge in [0.1, 0.15) is 6.10 Å². The molecular weight excluding hydrogens is 373 g/mol. The predicted molar refractivity (Wildman–Crippen MR) is 81.8 cm³/mol. The van der Waals surface area contributed by atoms with Gasteiger partial charge in [-0.3, -0.25) is 10.1 Å². The second-order valence-corrected chi connectivity index (χ2v) is 5.97. The molecule has 1 saturated heterocycles. The standard InChI is InChI=1S/C13H16IN3O3/c14-9-4-2-8(3-5-9)10(18)13(6-1-7-15)11(19)16-12(20)17-13/h2-5,10,18H,1,6-7,15H2,(H2,16,17,19,20). The van der Waals surface area contributed by atoms with Crippen LogP contribution in [0.4, 0.5) is 4.79 Å². The van der Waals surface area contributed by atoms with E-state index in [9.17, 15) is 14.7 Å². The van der Waals surface area contributed by atoms with Crippen molar-refractivity contribution < 1.29 is 14.7 Å². The fraction of sp³-hybridized carbons (Fsp3) is 0.385. The van der Waals surface area contributed by atoms with Gasteiger partial charge in [0.25, 0.3) is 5.91 Å². The number of halogens is 1. The molecule has 6 nitrogen and oxygen atoms in total. The first-order valence-electron chi connectivity index (χ1n) is 6.27. The lowest BCUT2D eigenvalue weighted by Gasteiger charge is -2.31. The number of carbonyl (C=O) groups excluding carboxylic acids is 2. The summed E-state index contributed by atoms with van der Waals surface area (Å²) >= 11 is 2.15. The molecule has 108 valence electrons. The summed E-state index contributed by atoms with van der Waals surface area (Å²) in [6, 6.07) is 6.58. The zero-order valence-corrected chi connectivity index (χ0v) is 12.9. The van der Waals surface area contributed by atoms with Crippen molar-refractivity contribution in [1.82, 2.24) is 10.6 Å². The Bertz CT molecular complexity index is 520. The molecule has 3 amide bonds. The predicted octanol–water partition coefficient (Wildman–Crippen LogP) is 0.642. The largest absolute Gasteiger partial charge is 0.385 e. The van der Waals surface area contributed by atoms with Crippen molar-refractivity contribution in [2.75, 3.05) is 6.54 Å². The van der Waals surface area contributed by atoms with Gasteiger partial charge in [-0.15, -0.1) is 0 Å². The normalized spacial score (nSPS) is 23.4. The quantitative estimate of drug-likeness (QED) is 0.438. The Morgan fingerprint density at radius 1 is 1.30 bits per heavy atom. The third kappa shape index (κ3) is 2.79. The van der Waals surface area contributed by atoms with E-state index in [1.807, 2.05) is 12.1 Å². The summed E-state index contributed by atoms with van der Waals surface area (Å²) in [5.41, 5.74) is 4.72. The van der Waals surface area contributed by atoms with Crippen LogP contribution in [0.2, 0.25) is 0 Å². The molecule has 0 radical (unpaired) electrons. The van der Waals surface area contributed by atoms with Crippen LogP contribution in [0.15, 0.2) is 24.3 Å². The van der Waals surface area contributed by atoms with Crippen molar-refractivity contribution in [2.45, 2.75) is 24.5 Å². The first-order chi connectivity index (χ1) is 9.49. The summed E-state index contributed by atoms with van der Waals surface area (Å²) in [4.78, 5) is 23.5. The smallest absolute Gasteiger partial charge is 0.322 e. The highest BCUT2D eigenvalue weighted by molar-refractivity contribution is 14.1. The maximum atomic E-state index is 12.1. The molecule has 2 rings (SSSR count). The first-order valence-corrected chi connectivity index (χ1v) is 7.34. The summed E-state index contributed by atoms with van der Waals surface area (Å²) in [7, 11) is 0. The number of hydrogen-bond donors (Lipinski definition) is 4. The van der Waals surface area contributed by atoms with E-state index in [1.165, 1.54) is 0 Å². The van der Waals surface area contributed by atoms with Crippen molar-refractivity contribution in [3.8, 4) is 0 Å². The molecule has 20 heavy (non-hydrogen) atoms. The van der Waals surface area contributed by atoms with Gasteiger partial charge in [0.15, 0.2) is 5.54 Å². The van der Waals surface area contributed by atoms with E-state index in [1.54, 1.807) is 12.1 Å². The van der Waals surface area contributed by atoms with Crippen LogP contribution in [0.25, 0.3) is 0 Å². The molecule has 2 unspecified atom stereocenters. The molecule has 0 aliphatic carbocycles. The molecule has 0 aromatic heterocycles. The first kappa shape index (κ1) is 15.2. The van der Waals surface area contributed by atoms with Gasteiger partial charge in [0, 0.05) is 3.57 Å². The molecule has 2 atom stereocenters. The van der Waals surface area contributed by atoms with E-state index in [-0.39, 0.29) is 6.42 Å². The Morgan fingerprint density at radius 3 is 2.45 bits per heavy atom. The average Bonchev–Trinajstić information content (AvgIpc) is 2.72. The van der Waals surface area contributed by atoms with E-state index in [2.05, 4.69) is 33.2 Å². The van der Waals surface area contributed by atoms with Crippen LogP contribution in [-0.2, 0) is 4.79 Å². The highest BCUT2D eigenvalue weighted by Crippen LogP contribution is 2.32. The van der Waals surface area contributed by atoms with Crippen molar-refractivity contribution in [2.24, 2.45) is 5.73 Å². The topological polar surface area (TPSA) is 104 Å². The van der Waals surface area contributed by atoms with Gasteiger partial charge < -0.3 is 16.2 Å². The number of hydrogen-bond acceptors (Lipinski definition) is 4. The van der Waals surface area contributed by atoms with Crippen LogP contribution >= 0.6 is 22.6 Å². The molecule has 0 saturated carbocycles. The Labute approximate surface area is 130 Å². The number of rotatable bonds is 5. The lowest BCUT2D eigenvalue weighted by Crippen LogP contribution is -2.52. The third-order valence-electron chi connectivity index (χ3n) is 3.40. The van der Waals surface area contributed by atoms with E-state index in [0.29, 0.717) is 18.5 Å². The van der Waals surface area contributed by atoms with Crippen LogP contribution < -0.4 is 16.4 Å². The lowest BCUT2D eigenvalue weighted by atomic mass is 9.83. The van der Waals surface area contributed by atoms with E-state index in [4.69, 9.17) is 5.73 Å². The Morgan fingerprint density at radius 2 is 1.95 bits per heavy atom. The number of benzene rings is 1. The molecule has 1 aromatic carbocycles. The fourth-order valence-electron chi connectivity index (χ4n) is 2.32. The maximum Gasteiger partial charge on any atom is 0.322 e. The number of amides is 3. The minimum atomic E-state index is -1.34. The van der Waals surface area contributed by atoms with Crippen molar-refractivity contribution >= 4 is 34.5 Å². The summed E-state index contributed by atoms with van der Waals surface area (Å²) in [5.74, 6) is -0.512. The average molecular weight is 389 g/mol. The van der Waals surface area contributed by atoms with Crippen molar-refractivity contribution in [1.29, 1.82) is 0 Å². The Hall–Kier alpha value is -1.19. The summed E-state index contributed by atoms with van der Waals surface area (Å²) in [6.07, 6.45) is -0.305. The summed E-state index contributed by atoms with van der Waals surface area (Å²) in [6.45, 7) is 0.379. The van der Waals surface area contributed by atoms with E-state index in [0.717, 1.165) is 3.57 Å². The molecule has 1 heterocycles. The van der Waals surface area contributed by atoms with Crippen LogP contribution in [-0.4, -0.2) is 29.1 Å². The third-order valence-corrected chi connectivity index (χ3v) is 4.12. The highest BCUT2D eigenvalue weighted by Gasteiger charge is 2.51. The van der Waals surface area contributed by atoms with E-state index < -0.39 is 23.6 Å². The Balaban J connectivity index is 2.33. The molecule has 0 bridgehead atoms. The zero-order chi connectivity index (χ0) is 14.8. The van der Waals surface area contributed by atoms with Crippen LogP contribution in [0.3, 0.4) is 0 Å². The molecule has 5 N–H and O–H groups in total. The minimum Gasteiger partial charge on any atom is -0.385 e. The second-order valence-electron chi connectivity index (χ2n) is 4.73. The van der Waals surface area contributed by atoms with Crippen LogP contribution in [0.1, 0.15) is 24.5 Å². The van der Waals surface area contributed by atoms with Gasteiger partial charge in [-0.05, 0) is 59.7 Å². The number of carbonyl (C=O) groups is 2. The molecule has 0 spiro atoms. The number of urea groups is 1.